The molecule has 0 saturated heterocycles. The van der Waals surface area contributed by atoms with E-state index in [2.05, 4.69) is 6.92 Å². The van der Waals surface area contributed by atoms with E-state index in [0.29, 0.717) is 31.0 Å². The van der Waals surface area contributed by atoms with Crippen molar-refractivity contribution in [2.24, 2.45) is 17.8 Å². The van der Waals surface area contributed by atoms with Gasteiger partial charge in [0.05, 0.1) is 0 Å². The summed E-state index contributed by atoms with van der Waals surface area (Å²) in [5, 5.41) is 17.9. The lowest BCUT2D eigenvalue weighted by molar-refractivity contribution is 0.0957. The smallest absolute Gasteiger partial charge is 0.0459 e. The molecule has 0 bridgehead atoms. The lowest BCUT2D eigenvalue weighted by Gasteiger charge is -2.31. The van der Waals surface area contributed by atoms with Crippen LogP contribution < -0.4 is 0 Å². The summed E-state index contributed by atoms with van der Waals surface area (Å²) in [5.41, 5.74) is 0. The number of aliphatic hydroxyl groups excluding tert-OH is 2. The van der Waals surface area contributed by atoms with Gasteiger partial charge in [-0.05, 0) is 37.0 Å². The number of rotatable bonds is 2. The molecule has 1 fully saturated rings. The Kier molecular flexibility index (Phi) is 3.34. The first-order chi connectivity index (χ1) is 5.26. The highest BCUT2D eigenvalue weighted by Crippen LogP contribution is 2.32. The van der Waals surface area contributed by atoms with E-state index in [4.69, 9.17) is 10.2 Å². The standard InChI is InChI=1S/C9H18O2/c1-7-2-8(5-10)4-9(3-7)6-11/h7-11H,2-6H2,1H3/t7?,8-,9+. The minimum absolute atomic E-state index is 0.292. The predicted molar refractivity (Wildman–Crippen MR) is 44.2 cm³/mol. The van der Waals surface area contributed by atoms with Crippen LogP contribution in [0.25, 0.3) is 0 Å². The van der Waals surface area contributed by atoms with Gasteiger partial charge in [0.25, 0.3) is 0 Å². The van der Waals surface area contributed by atoms with Crippen molar-refractivity contribution in [3.8, 4) is 0 Å². The van der Waals surface area contributed by atoms with E-state index in [1.165, 1.54) is 0 Å². The van der Waals surface area contributed by atoms with Crippen LogP contribution in [0.15, 0.2) is 0 Å². The van der Waals surface area contributed by atoms with E-state index in [0.717, 1.165) is 19.3 Å². The monoisotopic (exact) mass is 158 g/mol. The summed E-state index contributed by atoms with van der Waals surface area (Å²) in [6, 6.07) is 0. The van der Waals surface area contributed by atoms with Crippen molar-refractivity contribution in [1.29, 1.82) is 0 Å². The van der Waals surface area contributed by atoms with E-state index in [1.807, 2.05) is 0 Å². The first-order valence-electron chi connectivity index (χ1n) is 4.48. The Morgan fingerprint density at radius 1 is 1.00 bits per heavy atom. The molecule has 1 aliphatic rings. The topological polar surface area (TPSA) is 40.5 Å². The van der Waals surface area contributed by atoms with Crippen LogP contribution in [0.3, 0.4) is 0 Å². The largest absolute Gasteiger partial charge is 0.396 e. The van der Waals surface area contributed by atoms with E-state index < -0.39 is 0 Å². The summed E-state index contributed by atoms with van der Waals surface area (Å²) in [4.78, 5) is 0. The van der Waals surface area contributed by atoms with Crippen LogP contribution >= 0.6 is 0 Å². The van der Waals surface area contributed by atoms with Crippen molar-refractivity contribution < 1.29 is 10.2 Å². The van der Waals surface area contributed by atoms with Crippen molar-refractivity contribution >= 4 is 0 Å². The maximum absolute atomic E-state index is 8.94. The molecule has 0 aliphatic heterocycles. The third-order valence-corrected chi connectivity index (χ3v) is 2.65. The molecule has 0 aromatic carbocycles. The minimum Gasteiger partial charge on any atom is -0.396 e. The fraction of sp³-hybridized carbons (Fsp3) is 1.00. The molecule has 2 N–H and O–H groups in total. The lowest BCUT2D eigenvalue weighted by Crippen LogP contribution is -2.25. The molecule has 1 saturated carbocycles. The van der Waals surface area contributed by atoms with Gasteiger partial charge in [0.15, 0.2) is 0 Å². The maximum atomic E-state index is 8.94. The van der Waals surface area contributed by atoms with Crippen LogP contribution in [-0.4, -0.2) is 23.4 Å². The SMILES string of the molecule is CC1C[C@@H](CO)C[C@@H](CO)C1. The first-order valence-corrected chi connectivity index (χ1v) is 4.48. The zero-order chi connectivity index (χ0) is 8.27. The molecular weight excluding hydrogens is 140 g/mol. The Bertz CT molecular complexity index is 102. The van der Waals surface area contributed by atoms with Crippen LogP contribution in [0, 0.1) is 17.8 Å². The van der Waals surface area contributed by atoms with Gasteiger partial charge < -0.3 is 10.2 Å². The Labute approximate surface area is 68.2 Å². The van der Waals surface area contributed by atoms with E-state index >= 15 is 0 Å². The average Bonchev–Trinajstić information content (AvgIpc) is 2.03. The van der Waals surface area contributed by atoms with Crippen molar-refractivity contribution in [3.05, 3.63) is 0 Å². The van der Waals surface area contributed by atoms with Gasteiger partial charge in [0.1, 0.15) is 0 Å². The molecular formula is C9H18O2. The van der Waals surface area contributed by atoms with E-state index in [1.54, 1.807) is 0 Å². The molecule has 0 spiro atoms. The van der Waals surface area contributed by atoms with Gasteiger partial charge in [-0.25, -0.2) is 0 Å². The van der Waals surface area contributed by atoms with Gasteiger partial charge in [-0.1, -0.05) is 6.92 Å². The Morgan fingerprint density at radius 2 is 1.45 bits per heavy atom. The third-order valence-electron chi connectivity index (χ3n) is 2.65. The van der Waals surface area contributed by atoms with Crippen LogP contribution in [0.1, 0.15) is 26.2 Å². The zero-order valence-electron chi connectivity index (χ0n) is 7.16. The Balaban J connectivity index is 2.37. The molecule has 0 radical (unpaired) electrons. The number of hydrogen-bond donors (Lipinski definition) is 2. The van der Waals surface area contributed by atoms with Crippen LogP contribution in [0.5, 0.6) is 0 Å². The molecule has 66 valence electrons. The van der Waals surface area contributed by atoms with Crippen molar-refractivity contribution in [2.75, 3.05) is 13.2 Å². The van der Waals surface area contributed by atoms with Crippen LogP contribution in [0.4, 0.5) is 0 Å². The summed E-state index contributed by atoms with van der Waals surface area (Å²) in [6.07, 6.45) is 3.28. The van der Waals surface area contributed by atoms with Crippen LogP contribution in [0.2, 0.25) is 0 Å². The highest BCUT2D eigenvalue weighted by atomic mass is 16.3. The summed E-state index contributed by atoms with van der Waals surface area (Å²) < 4.78 is 0. The van der Waals surface area contributed by atoms with Crippen molar-refractivity contribution in [1.82, 2.24) is 0 Å². The molecule has 2 nitrogen and oxygen atoms in total. The summed E-state index contributed by atoms with van der Waals surface area (Å²) in [7, 11) is 0. The normalized spacial score (nSPS) is 39.0. The van der Waals surface area contributed by atoms with Gasteiger partial charge in [-0.3, -0.25) is 0 Å². The Morgan fingerprint density at radius 3 is 1.82 bits per heavy atom. The minimum atomic E-state index is 0.292. The summed E-state index contributed by atoms with van der Waals surface area (Å²) in [5.74, 6) is 1.56. The van der Waals surface area contributed by atoms with Gasteiger partial charge in [0, 0.05) is 13.2 Å². The molecule has 3 atom stereocenters. The zero-order valence-corrected chi connectivity index (χ0v) is 7.16. The summed E-state index contributed by atoms with van der Waals surface area (Å²) in [6.45, 7) is 2.78. The first kappa shape index (κ1) is 9.01. The van der Waals surface area contributed by atoms with Gasteiger partial charge in [0.2, 0.25) is 0 Å². The Hall–Kier alpha value is -0.0800. The lowest BCUT2D eigenvalue weighted by atomic mass is 9.76. The molecule has 1 rings (SSSR count). The fourth-order valence-electron chi connectivity index (χ4n) is 2.20. The van der Waals surface area contributed by atoms with Gasteiger partial charge in [-0.2, -0.15) is 0 Å². The van der Waals surface area contributed by atoms with Crippen LogP contribution in [-0.2, 0) is 0 Å². The third kappa shape index (κ3) is 2.46. The molecule has 1 unspecified atom stereocenters. The quantitative estimate of drug-likeness (QED) is 0.630. The predicted octanol–water partition coefficient (Wildman–Crippen LogP) is 1.02. The summed E-state index contributed by atoms with van der Waals surface area (Å²) >= 11 is 0. The van der Waals surface area contributed by atoms with Crippen molar-refractivity contribution in [2.45, 2.75) is 26.2 Å². The molecule has 1 aliphatic carbocycles. The van der Waals surface area contributed by atoms with Gasteiger partial charge in [-0.15, -0.1) is 0 Å². The molecule has 0 heterocycles. The molecule has 0 aromatic heterocycles. The van der Waals surface area contributed by atoms with Crippen molar-refractivity contribution in [3.63, 3.8) is 0 Å². The second-order valence-electron chi connectivity index (χ2n) is 3.91. The molecule has 11 heavy (non-hydrogen) atoms. The second-order valence-corrected chi connectivity index (χ2v) is 3.91. The molecule has 0 aromatic rings. The van der Waals surface area contributed by atoms with Gasteiger partial charge >= 0.3 is 0 Å². The van der Waals surface area contributed by atoms with E-state index in [9.17, 15) is 0 Å². The second kappa shape index (κ2) is 4.07. The molecule has 0 amide bonds. The molecule has 2 heteroatoms. The fourth-order valence-corrected chi connectivity index (χ4v) is 2.20. The number of aliphatic hydroxyl groups is 2. The number of hydrogen-bond acceptors (Lipinski definition) is 2. The average molecular weight is 158 g/mol. The highest BCUT2D eigenvalue weighted by Gasteiger charge is 2.25. The maximum Gasteiger partial charge on any atom is 0.0459 e. The van der Waals surface area contributed by atoms with E-state index in [-0.39, 0.29) is 0 Å². The highest BCUT2D eigenvalue weighted by molar-refractivity contribution is 4.75.